The summed E-state index contributed by atoms with van der Waals surface area (Å²) in [6.45, 7) is 10.2. The van der Waals surface area contributed by atoms with Crippen LogP contribution in [0.1, 0.15) is 44.7 Å². The topological polar surface area (TPSA) is 41.6 Å². The van der Waals surface area contributed by atoms with E-state index in [1.165, 1.54) is 0 Å². The molecule has 0 fully saturated rings. The maximum Gasteiger partial charge on any atom is 0.232 e. The summed E-state index contributed by atoms with van der Waals surface area (Å²) in [4.78, 5) is 15.4. The highest BCUT2D eigenvalue weighted by atomic mass is 16.5. The van der Waals surface area contributed by atoms with Gasteiger partial charge in [0.15, 0.2) is 0 Å². The Labute approximate surface area is 156 Å². The van der Waals surface area contributed by atoms with Crippen molar-refractivity contribution in [3.05, 3.63) is 59.7 Å². The minimum absolute atomic E-state index is 0.0284. The number of nitrogens with zero attached hydrogens (tertiary/aromatic N) is 1. The quantitative estimate of drug-likeness (QED) is 0.849. The fourth-order valence-electron chi connectivity index (χ4n) is 3.72. The van der Waals surface area contributed by atoms with Gasteiger partial charge >= 0.3 is 0 Å². The van der Waals surface area contributed by atoms with E-state index < -0.39 is 0 Å². The van der Waals surface area contributed by atoms with Crippen LogP contribution in [0.2, 0.25) is 0 Å². The molecule has 138 valence electrons. The van der Waals surface area contributed by atoms with E-state index in [-0.39, 0.29) is 11.8 Å². The van der Waals surface area contributed by atoms with Gasteiger partial charge in [0.1, 0.15) is 11.5 Å². The number of para-hydroxylation sites is 2. The number of amides is 1. The van der Waals surface area contributed by atoms with Gasteiger partial charge in [0.05, 0.1) is 5.92 Å². The van der Waals surface area contributed by atoms with Crippen LogP contribution < -0.4 is 10.1 Å². The van der Waals surface area contributed by atoms with Crippen molar-refractivity contribution in [2.45, 2.75) is 45.7 Å². The van der Waals surface area contributed by atoms with Crippen LogP contribution >= 0.6 is 0 Å². The molecule has 3 rings (SSSR count). The van der Waals surface area contributed by atoms with E-state index in [9.17, 15) is 4.79 Å². The van der Waals surface area contributed by atoms with Gasteiger partial charge < -0.3 is 10.1 Å². The molecule has 1 N–H and O–H groups in total. The van der Waals surface area contributed by atoms with E-state index >= 15 is 0 Å². The summed E-state index contributed by atoms with van der Waals surface area (Å²) < 4.78 is 5.98. The largest absolute Gasteiger partial charge is 0.457 e. The fraction of sp³-hybridized carbons (Fsp3) is 0.409. The van der Waals surface area contributed by atoms with Crippen LogP contribution in [-0.2, 0) is 4.79 Å². The normalized spacial score (nSPS) is 13.5. The summed E-state index contributed by atoms with van der Waals surface area (Å²) in [5.41, 5.74) is 1.85. The number of carbonyl (C=O) groups excluding carboxylic acids is 1. The molecular weight excluding hydrogens is 324 g/mol. The molecule has 0 aliphatic carbocycles. The molecule has 1 aliphatic heterocycles. The molecule has 26 heavy (non-hydrogen) atoms. The molecule has 4 heteroatoms. The van der Waals surface area contributed by atoms with Crippen molar-refractivity contribution in [3.63, 3.8) is 0 Å². The van der Waals surface area contributed by atoms with Crippen molar-refractivity contribution in [2.24, 2.45) is 0 Å². The van der Waals surface area contributed by atoms with Crippen LogP contribution in [0.15, 0.2) is 48.5 Å². The smallest absolute Gasteiger partial charge is 0.232 e. The first-order valence-electron chi connectivity index (χ1n) is 9.38. The lowest BCUT2D eigenvalue weighted by Crippen LogP contribution is -2.43. The van der Waals surface area contributed by atoms with Crippen molar-refractivity contribution >= 4 is 5.91 Å². The zero-order valence-corrected chi connectivity index (χ0v) is 16.0. The van der Waals surface area contributed by atoms with Gasteiger partial charge in [-0.15, -0.1) is 0 Å². The van der Waals surface area contributed by atoms with Crippen LogP contribution in [0, 0.1) is 0 Å². The Morgan fingerprint density at radius 3 is 1.96 bits per heavy atom. The highest BCUT2D eigenvalue weighted by Gasteiger charge is 2.32. The van der Waals surface area contributed by atoms with Crippen LogP contribution in [0.25, 0.3) is 0 Å². The molecule has 0 spiro atoms. The lowest BCUT2D eigenvalue weighted by molar-refractivity contribution is -0.121. The van der Waals surface area contributed by atoms with E-state index in [2.05, 4.69) is 37.9 Å². The third-order valence-electron chi connectivity index (χ3n) is 4.94. The number of hydrogen-bond acceptors (Lipinski definition) is 3. The van der Waals surface area contributed by atoms with E-state index in [1.54, 1.807) is 0 Å². The second kappa shape index (κ2) is 7.92. The van der Waals surface area contributed by atoms with Crippen LogP contribution in [0.4, 0.5) is 0 Å². The first-order chi connectivity index (χ1) is 12.5. The van der Waals surface area contributed by atoms with Gasteiger partial charge in [0.2, 0.25) is 5.91 Å². The van der Waals surface area contributed by atoms with Crippen molar-refractivity contribution in [2.75, 3.05) is 13.1 Å². The Morgan fingerprint density at radius 1 is 0.962 bits per heavy atom. The molecular formula is C22H28N2O2. The Kier molecular flexibility index (Phi) is 5.62. The lowest BCUT2D eigenvalue weighted by atomic mass is 9.87. The number of benzene rings is 2. The molecule has 1 amide bonds. The Bertz CT molecular complexity index is 717. The molecule has 2 aromatic rings. The summed E-state index contributed by atoms with van der Waals surface area (Å²) in [7, 11) is 0. The van der Waals surface area contributed by atoms with Gasteiger partial charge in [-0.1, -0.05) is 36.4 Å². The van der Waals surface area contributed by atoms with Crippen molar-refractivity contribution in [1.29, 1.82) is 0 Å². The third-order valence-corrected chi connectivity index (χ3v) is 4.94. The molecule has 0 radical (unpaired) electrons. The zero-order chi connectivity index (χ0) is 18.7. The molecule has 0 saturated carbocycles. The number of rotatable bonds is 6. The highest BCUT2D eigenvalue weighted by molar-refractivity contribution is 5.89. The lowest BCUT2D eigenvalue weighted by Gasteiger charge is -2.31. The number of carbonyl (C=O) groups is 1. The SMILES string of the molecule is CC(C)N(CCNC(=O)C1c2ccccc2Oc2ccccc21)C(C)C. The average Bonchev–Trinajstić information content (AvgIpc) is 2.62. The fourth-order valence-corrected chi connectivity index (χ4v) is 3.72. The van der Waals surface area contributed by atoms with E-state index in [4.69, 9.17) is 4.74 Å². The molecule has 0 bridgehead atoms. The first kappa shape index (κ1) is 18.5. The van der Waals surface area contributed by atoms with Crippen LogP contribution in [0.3, 0.4) is 0 Å². The molecule has 0 atom stereocenters. The second-order valence-electron chi connectivity index (χ2n) is 7.33. The van der Waals surface area contributed by atoms with Crippen LogP contribution in [0.5, 0.6) is 11.5 Å². The number of nitrogens with one attached hydrogen (secondary N) is 1. The number of fused-ring (bicyclic) bond motifs is 2. The highest BCUT2D eigenvalue weighted by Crippen LogP contribution is 2.43. The van der Waals surface area contributed by atoms with Gasteiger partial charge in [-0.05, 0) is 39.8 Å². The molecule has 1 aliphatic rings. The Morgan fingerprint density at radius 2 is 1.46 bits per heavy atom. The van der Waals surface area contributed by atoms with Gasteiger partial charge in [-0.2, -0.15) is 0 Å². The van der Waals surface area contributed by atoms with Gasteiger partial charge in [0, 0.05) is 36.3 Å². The number of ether oxygens (including phenoxy) is 1. The Hall–Kier alpha value is -2.33. The summed E-state index contributed by atoms with van der Waals surface area (Å²) >= 11 is 0. The van der Waals surface area contributed by atoms with Gasteiger partial charge in [0.25, 0.3) is 0 Å². The standard InChI is InChI=1S/C22H28N2O2/c1-15(2)24(16(3)4)14-13-23-22(25)21-17-9-5-7-11-19(17)26-20-12-8-6-10-18(20)21/h5-12,15-16,21H,13-14H2,1-4H3,(H,23,25). The van der Waals surface area contributed by atoms with Gasteiger partial charge in [-0.3, -0.25) is 9.69 Å². The maximum atomic E-state index is 13.1. The molecule has 1 heterocycles. The first-order valence-corrected chi connectivity index (χ1v) is 9.38. The van der Waals surface area contributed by atoms with Crippen LogP contribution in [-0.4, -0.2) is 36.0 Å². The molecule has 2 aromatic carbocycles. The molecule has 4 nitrogen and oxygen atoms in total. The predicted molar refractivity (Wildman–Crippen MR) is 105 cm³/mol. The van der Waals surface area contributed by atoms with Crippen molar-refractivity contribution < 1.29 is 9.53 Å². The zero-order valence-electron chi connectivity index (χ0n) is 16.0. The summed E-state index contributed by atoms with van der Waals surface area (Å²) in [5, 5.41) is 3.14. The van der Waals surface area contributed by atoms with Crippen molar-refractivity contribution in [3.8, 4) is 11.5 Å². The van der Waals surface area contributed by atoms with Gasteiger partial charge in [-0.25, -0.2) is 0 Å². The van der Waals surface area contributed by atoms with E-state index in [1.807, 2.05) is 48.5 Å². The minimum atomic E-state index is -0.331. The number of hydrogen-bond donors (Lipinski definition) is 1. The third kappa shape index (κ3) is 3.75. The Balaban J connectivity index is 1.77. The van der Waals surface area contributed by atoms with E-state index in [0.29, 0.717) is 18.6 Å². The van der Waals surface area contributed by atoms with Crippen molar-refractivity contribution in [1.82, 2.24) is 10.2 Å². The molecule has 0 aromatic heterocycles. The summed E-state index contributed by atoms with van der Waals surface area (Å²) in [5.74, 6) is 1.22. The average molecular weight is 352 g/mol. The minimum Gasteiger partial charge on any atom is -0.457 e. The monoisotopic (exact) mass is 352 g/mol. The summed E-state index contributed by atoms with van der Waals surface area (Å²) in [6, 6.07) is 16.5. The second-order valence-corrected chi connectivity index (χ2v) is 7.33. The maximum absolute atomic E-state index is 13.1. The molecule has 0 saturated heterocycles. The van der Waals surface area contributed by atoms with E-state index in [0.717, 1.165) is 29.2 Å². The predicted octanol–water partition coefficient (Wildman–Crippen LogP) is 4.16. The molecule has 0 unspecified atom stereocenters. The summed E-state index contributed by atoms with van der Waals surface area (Å²) in [6.07, 6.45) is 0.